The van der Waals surface area contributed by atoms with Gasteiger partial charge in [-0.3, -0.25) is 0 Å². The van der Waals surface area contributed by atoms with Crippen LogP contribution in [-0.4, -0.2) is 26.4 Å². The molecule has 1 aliphatic heterocycles. The molecule has 2 atom stereocenters. The Balaban J connectivity index is 2.17. The Hall–Kier alpha value is -1.13. The highest BCUT2D eigenvalue weighted by molar-refractivity contribution is 5.31. The quantitative estimate of drug-likeness (QED) is 0.833. The molecule has 1 aromatic rings. The molecule has 0 radical (unpaired) electrons. The van der Waals surface area contributed by atoms with Crippen molar-refractivity contribution < 1.29 is 13.9 Å². The number of morpholine rings is 1. The lowest BCUT2D eigenvalue weighted by Crippen LogP contribution is -2.41. The maximum Gasteiger partial charge on any atom is 0.165 e. The van der Waals surface area contributed by atoms with E-state index in [-0.39, 0.29) is 17.6 Å². The zero-order chi connectivity index (χ0) is 11.5. The summed E-state index contributed by atoms with van der Waals surface area (Å²) in [6.45, 7) is 3.33. The number of halogens is 1. The molecular formula is C12H16FNO2. The largest absolute Gasteiger partial charge is 0.494 e. The number of nitrogens with one attached hydrogen (secondary N) is 1. The van der Waals surface area contributed by atoms with E-state index >= 15 is 0 Å². The summed E-state index contributed by atoms with van der Waals surface area (Å²) < 4.78 is 23.8. The Morgan fingerprint density at radius 1 is 1.44 bits per heavy atom. The van der Waals surface area contributed by atoms with Crippen LogP contribution in [0.4, 0.5) is 4.39 Å². The van der Waals surface area contributed by atoms with Gasteiger partial charge in [-0.1, -0.05) is 6.07 Å². The van der Waals surface area contributed by atoms with Crippen molar-refractivity contribution in [2.75, 3.05) is 20.3 Å². The van der Waals surface area contributed by atoms with Gasteiger partial charge < -0.3 is 14.8 Å². The summed E-state index contributed by atoms with van der Waals surface area (Å²) in [5.74, 6) is -0.0615. The zero-order valence-electron chi connectivity index (χ0n) is 9.50. The van der Waals surface area contributed by atoms with Crippen molar-refractivity contribution >= 4 is 0 Å². The van der Waals surface area contributed by atoms with Crippen molar-refractivity contribution in [2.24, 2.45) is 0 Å². The minimum Gasteiger partial charge on any atom is -0.494 e. The molecule has 2 unspecified atom stereocenters. The molecule has 0 amide bonds. The standard InChI is InChI=1S/C12H16FNO2/c1-8-6-16-7-11(14-8)9-3-4-12(15-2)10(13)5-9/h3-5,8,11,14H,6-7H2,1-2H3. The lowest BCUT2D eigenvalue weighted by molar-refractivity contribution is 0.0503. The van der Waals surface area contributed by atoms with Gasteiger partial charge in [0, 0.05) is 6.04 Å². The lowest BCUT2D eigenvalue weighted by Gasteiger charge is -2.29. The highest BCUT2D eigenvalue weighted by Gasteiger charge is 2.20. The average molecular weight is 225 g/mol. The van der Waals surface area contributed by atoms with Gasteiger partial charge in [0.05, 0.1) is 26.4 Å². The zero-order valence-corrected chi connectivity index (χ0v) is 9.50. The second-order valence-electron chi connectivity index (χ2n) is 4.05. The predicted molar refractivity (Wildman–Crippen MR) is 59.1 cm³/mol. The smallest absolute Gasteiger partial charge is 0.165 e. The van der Waals surface area contributed by atoms with Gasteiger partial charge in [0.15, 0.2) is 11.6 Å². The maximum atomic E-state index is 13.5. The van der Waals surface area contributed by atoms with E-state index in [1.165, 1.54) is 13.2 Å². The Morgan fingerprint density at radius 2 is 2.25 bits per heavy atom. The molecule has 0 bridgehead atoms. The van der Waals surface area contributed by atoms with Crippen LogP contribution < -0.4 is 10.1 Å². The molecule has 1 heterocycles. The molecule has 88 valence electrons. The first-order valence-electron chi connectivity index (χ1n) is 5.38. The Morgan fingerprint density at radius 3 is 2.88 bits per heavy atom. The monoisotopic (exact) mass is 225 g/mol. The number of benzene rings is 1. The third-order valence-electron chi connectivity index (χ3n) is 2.72. The van der Waals surface area contributed by atoms with Gasteiger partial charge in [-0.2, -0.15) is 0 Å². The fourth-order valence-corrected chi connectivity index (χ4v) is 1.89. The topological polar surface area (TPSA) is 30.5 Å². The Bertz CT molecular complexity index is 370. The highest BCUT2D eigenvalue weighted by Crippen LogP contribution is 2.23. The summed E-state index contributed by atoms with van der Waals surface area (Å²) in [4.78, 5) is 0. The molecular weight excluding hydrogens is 209 g/mol. The molecule has 1 aromatic carbocycles. The molecule has 1 saturated heterocycles. The summed E-state index contributed by atoms with van der Waals surface area (Å²) in [6, 6.07) is 5.36. The molecule has 0 aromatic heterocycles. The van der Waals surface area contributed by atoms with Gasteiger partial charge in [-0.05, 0) is 24.6 Å². The van der Waals surface area contributed by atoms with Crippen LogP contribution in [0.3, 0.4) is 0 Å². The van der Waals surface area contributed by atoms with E-state index in [0.717, 1.165) is 5.56 Å². The van der Waals surface area contributed by atoms with E-state index in [0.29, 0.717) is 19.3 Å². The Labute approximate surface area is 94.6 Å². The highest BCUT2D eigenvalue weighted by atomic mass is 19.1. The van der Waals surface area contributed by atoms with E-state index < -0.39 is 0 Å². The first kappa shape index (κ1) is 11.4. The van der Waals surface area contributed by atoms with Crippen LogP contribution in [-0.2, 0) is 4.74 Å². The second kappa shape index (κ2) is 4.80. The third-order valence-corrected chi connectivity index (χ3v) is 2.72. The molecule has 0 saturated carbocycles. The molecule has 4 heteroatoms. The van der Waals surface area contributed by atoms with Gasteiger partial charge >= 0.3 is 0 Å². The minimum absolute atomic E-state index is 0.0594. The number of methoxy groups -OCH3 is 1. The molecule has 1 N–H and O–H groups in total. The van der Waals surface area contributed by atoms with Crippen LogP contribution in [0.25, 0.3) is 0 Å². The van der Waals surface area contributed by atoms with Crippen molar-refractivity contribution in [1.82, 2.24) is 5.32 Å². The minimum atomic E-state index is -0.333. The van der Waals surface area contributed by atoms with Gasteiger partial charge in [-0.25, -0.2) is 4.39 Å². The molecule has 1 fully saturated rings. The SMILES string of the molecule is COc1ccc(C2COCC(C)N2)cc1F. The number of hydrogen-bond acceptors (Lipinski definition) is 3. The van der Waals surface area contributed by atoms with Crippen LogP contribution in [0.1, 0.15) is 18.5 Å². The van der Waals surface area contributed by atoms with E-state index in [1.807, 2.05) is 13.0 Å². The first-order valence-corrected chi connectivity index (χ1v) is 5.38. The number of rotatable bonds is 2. The van der Waals surface area contributed by atoms with Gasteiger partial charge in [0.25, 0.3) is 0 Å². The van der Waals surface area contributed by atoms with Crippen LogP contribution >= 0.6 is 0 Å². The molecule has 2 rings (SSSR count). The van der Waals surface area contributed by atoms with Crippen LogP contribution in [0.15, 0.2) is 18.2 Å². The molecule has 16 heavy (non-hydrogen) atoms. The van der Waals surface area contributed by atoms with Crippen molar-refractivity contribution in [3.05, 3.63) is 29.6 Å². The molecule has 3 nitrogen and oxygen atoms in total. The summed E-state index contributed by atoms with van der Waals surface area (Å²) in [5, 5.41) is 3.36. The number of ether oxygens (including phenoxy) is 2. The first-order chi connectivity index (χ1) is 7.70. The van der Waals surface area contributed by atoms with Gasteiger partial charge in [0.1, 0.15) is 0 Å². The van der Waals surface area contributed by atoms with Crippen LogP contribution in [0, 0.1) is 5.82 Å². The third kappa shape index (κ3) is 2.33. The van der Waals surface area contributed by atoms with Crippen molar-refractivity contribution in [2.45, 2.75) is 19.0 Å². The lowest BCUT2D eigenvalue weighted by atomic mass is 10.1. The molecule has 1 aliphatic rings. The van der Waals surface area contributed by atoms with Crippen molar-refractivity contribution in [3.8, 4) is 5.75 Å². The predicted octanol–water partition coefficient (Wildman–Crippen LogP) is 1.88. The van der Waals surface area contributed by atoms with E-state index in [1.54, 1.807) is 6.07 Å². The van der Waals surface area contributed by atoms with E-state index in [9.17, 15) is 4.39 Å². The van der Waals surface area contributed by atoms with Crippen molar-refractivity contribution in [1.29, 1.82) is 0 Å². The summed E-state index contributed by atoms with van der Waals surface area (Å²) in [6.07, 6.45) is 0. The molecule has 0 aliphatic carbocycles. The van der Waals surface area contributed by atoms with E-state index in [4.69, 9.17) is 9.47 Å². The summed E-state index contributed by atoms with van der Waals surface area (Å²) >= 11 is 0. The van der Waals surface area contributed by atoms with Crippen LogP contribution in [0.5, 0.6) is 5.75 Å². The van der Waals surface area contributed by atoms with Crippen molar-refractivity contribution in [3.63, 3.8) is 0 Å². The molecule has 0 spiro atoms. The van der Waals surface area contributed by atoms with E-state index in [2.05, 4.69) is 5.32 Å². The second-order valence-corrected chi connectivity index (χ2v) is 4.05. The number of hydrogen-bond donors (Lipinski definition) is 1. The maximum absolute atomic E-state index is 13.5. The fourth-order valence-electron chi connectivity index (χ4n) is 1.89. The van der Waals surface area contributed by atoms with Crippen LogP contribution in [0.2, 0.25) is 0 Å². The summed E-state index contributed by atoms with van der Waals surface area (Å²) in [5.41, 5.74) is 0.893. The van der Waals surface area contributed by atoms with Gasteiger partial charge in [0.2, 0.25) is 0 Å². The van der Waals surface area contributed by atoms with Gasteiger partial charge in [-0.15, -0.1) is 0 Å². The fraction of sp³-hybridized carbons (Fsp3) is 0.500. The normalized spacial score (nSPS) is 25.4. The summed E-state index contributed by atoms with van der Waals surface area (Å²) in [7, 11) is 1.46. The average Bonchev–Trinajstić information content (AvgIpc) is 2.29. The Kier molecular flexibility index (Phi) is 3.41.